The first kappa shape index (κ1) is 28.8. The summed E-state index contributed by atoms with van der Waals surface area (Å²) in [5.74, 6) is -0.866. The number of methoxy groups -OCH3 is 1. The van der Waals surface area contributed by atoms with Gasteiger partial charge in [0.1, 0.15) is 5.75 Å². The average molecular weight is 586 g/mol. The van der Waals surface area contributed by atoms with E-state index in [9.17, 15) is 19.5 Å². The summed E-state index contributed by atoms with van der Waals surface area (Å²) in [4.78, 5) is 44.0. The molecule has 0 saturated carbocycles. The van der Waals surface area contributed by atoms with Crippen molar-refractivity contribution in [2.24, 2.45) is 4.99 Å². The second-order valence-corrected chi connectivity index (χ2v) is 11.3. The van der Waals surface area contributed by atoms with E-state index in [0.29, 0.717) is 26.4 Å². The fourth-order valence-electron chi connectivity index (χ4n) is 5.21. The van der Waals surface area contributed by atoms with Crippen LogP contribution in [-0.2, 0) is 9.53 Å². The van der Waals surface area contributed by atoms with E-state index < -0.39 is 18.0 Å². The summed E-state index contributed by atoms with van der Waals surface area (Å²) in [5.41, 5.74) is 4.71. The average Bonchev–Trinajstić information content (AvgIpc) is 3.41. The minimum Gasteiger partial charge on any atom is -0.497 e. The molecule has 5 rings (SSSR count). The summed E-state index contributed by atoms with van der Waals surface area (Å²) in [6.07, 6.45) is 1.48. The van der Waals surface area contributed by atoms with Crippen LogP contribution in [-0.4, -0.2) is 39.4 Å². The first-order chi connectivity index (χ1) is 20.0. The number of esters is 1. The van der Waals surface area contributed by atoms with Gasteiger partial charge in [-0.25, -0.2) is 14.6 Å². The van der Waals surface area contributed by atoms with E-state index in [-0.39, 0.29) is 17.2 Å². The summed E-state index contributed by atoms with van der Waals surface area (Å²) in [6.45, 7) is 9.16. The van der Waals surface area contributed by atoms with Gasteiger partial charge in [0.05, 0.1) is 40.6 Å². The molecule has 1 N–H and O–H groups in total. The molecule has 2 aromatic carbocycles. The zero-order valence-electron chi connectivity index (χ0n) is 24.2. The van der Waals surface area contributed by atoms with Crippen molar-refractivity contribution in [3.8, 4) is 11.4 Å². The second kappa shape index (κ2) is 11.3. The van der Waals surface area contributed by atoms with Crippen LogP contribution in [0.15, 0.2) is 75.7 Å². The number of carboxylic acid groups (broad SMARTS) is 1. The number of benzene rings is 2. The summed E-state index contributed by atoms with van der Waals surface area (Å²) < 4.78 is 14.9. The highest BCUT2D eigenvalue weighted by atomic mass is 32.1. The topological polar surface area (TPSA) is 112 Å². The van der Waals surface area contributed by atoms with Gasteiger partial charge in [0.2, 0.25) is 0 Å². The number of carbonyl (C=O) groups is 2. The quantitative estimate of drug-likeness (QED) is 0.324. The number of hydrogen-bond acceptors (Lipinski definition) is 7. The highest BCUT2D eigenvalue weighted by Crippen LogP contribution is 2.32. The van der Waals surface area contributed by atoms with E-state index in [4.69, 9.17) is 9.47 Å². The molecule has 0 radical (unpaired) electrons. The van der Waals surface area contributed by atoms with Crippen LogP contribution >= 0.6 is 11.3 Å². The van der Waals surface area contributed by atoms with E-state index >= 15 is 0 Å². The third-order valence-electron chi connectivity index (χ3n) is 7.12. The number of aromatic carboxylic acids is 1. The van der Waals surface area contributed by atoms with Gasteiger partial charge in [0.25, 0.3) is 5.56 Å². The second-order valence-electron chi connectivity index (χ2n) is 10.3. The maximum atomic E-state index is 14.0. The third-order valence-corrected chi connectivity index (χ3v) is 8.11. The summed E-state index contributed by atoms with van der Waals surface area (Å²) in [6, 6.07) is 15.2. The van der Waals surface area contributed by atoms with Crippen molar-refractivity contribution in [3.05, 3.63) is 114 Å². The van der Waals surface area contributed by atoms with Crippen molar-refractivity contribution in [3.63, 3.8) is 0 Å². The number of allylic oxidation sites excluding steroid dienone is 1. The number of fused-ring (bicyclic) bond motifs is 1. The van der Waals surface area contributed by atoms with Gasteiger partial charge in [-0.2, -0.15) is 0 Å². The lowest BCUT2D eigenvalue weighted by atomic mass is 9.96. The van der Waals surface area contributed by atoms with Gasteiger partial charge >= 0.3 is 11.9 Å². The van der Waals surface area contributed by atoms with Gasteiger partial charge in [-0.1, -0.05) is 29.5 Å². The molecule has 42 heavy (non-hydrogen) atoms. The van der Waals surface area contributed by atoms with E-state index in [1.165, 1.54) is 11.3 Å². The van der Waals surface area contributed by atoms with Crippen LogP contribution in [0.2, 0.25) is 0 Å². The number of carbonyl (C=O) groups excluding carboxylic acids is 1. The Labute approximate surface area is 246 Å². The molecule has 0 bridgehead atoms. The fourth-order valence-corrected chi connectivity index (χ4v) is 6.25. The predicted octanol–water partition coefficient (Wildman–Crippen LogP) is 4.30. The number of aromatic nitrogens is 2. The SMILES string of the molecule is COc1ccc([C@@H]2C(C(=O)OC(C)C)=C(C)N=c3s/c(=C\c4cc(C)n(-c5cccc(C(=O)O)c5)c4C)c(=O)n32)cc1. The maximum Gasteiger partial charge on any atom is 0.338 e. The predicted molar refractivity (Wildman–Crippen MR) is 160 cm³/mol. The first-order valence-electron chi connectivity index (χ1n) is 13.4. The van der Waals surface area contributed by atoms with E-state index in [1.807, 2.05) is 48.8 Å². The molecule has 10 heteroatoms. The Hall–Kier alpha value is -4.70. The van der Waals surface area contributed by atoms with Crippen molar-refractivity contribution in [2.45, 2.75) is 46.8 Å². The molecule has 3 heterocycles. The van der Waals surface area contributed by atoms with Crippen molar-refractivity contribution < 1.29 is 24.2 Å². The molecular weight excluding hydrogens is 554 g/mol. The summed E-state index contributed by atoms with van der Waals surface area (Å²) >= 11 is 1.25. The minimum atomic E-state index is -1.00. The normalized spacial score (nSPS) is 15.0. The Balaban J connectivity index is 1.67. The van der Waals surface area contributed by atoms with E-state index in [2.05, 4.69) is 4.99 Å². The van der Waals surface area contributed by atoms with Gasteiger partial charge in [-0.05, 0) is 88.2 Å². The minimum absolute atomic E-state index is 0.190. The fraction of sp³-hybridized carbons (Fsp3) is 0.250. The number of carboxylic acids is 1. The Morgan fingerprint density at radius 3 is 2.43 bits per heavy atom. The van der Waals surface area contributed by atoms with Gasteiger partial charge < -0.3 is 19.1 Å². The van der Waals surface area contributed by atoms with Crippen molar-refractivity contribution in [1.29, 1.82) is 0 Å². The van der Waals surface area contributed by atoms with E-state index in [1.54, 1.807) is 62.8 Å². The highest BCUT2D eigenvalue weighted by Gasteiger charge is 2.34. The molecule has 4 aromatic rings. The standard InChI is InChI=1S/C32H31N3O6S/c1-17(2)41-31(39)27-19(4)33-32-35(28(27)21-10-12-25(40-6)13-11-21)29(36)26(42-32)16-23-14-18(3)34(20(23)5)24-9-7-8-22(15-24)30(37)38/h7-17,28H,1-6H3,(H,37,38)/b26-16-/t28-/m1/s1. The van der Waals surface area contributed by atoms with E-state index in [0.717, 1.165) is 28.2 Å². The first-order valence-corrected chi connectivity index (χ1v) is 14.2. The molecule has 216 valence electrons. The van der Waals surface area contributed by atoms with Crippen LogP contribution < -0.4 is 19.6 Å². The summed E-state index contributed by atoms with van der Waals surface area (Å²) in [5, 5.41) is 9.45. The van der Waals surface area contributed by atoms with Gasteiger partial charge in [0.15, 0.2) is 4.80 Å². The molecule has 0 fully saturated rings. The Bertz CT molecular complexity index is 1930. The zero-order chi connectivity index (χ0) is 30.3. The molecular formula is C32H31N3O6S. The molecule has 0 amide bonds. The van der Waals surface area contributed by atoms with Gasteiger partial charge in [-0.15, -0.1) is 0 Å². The lowest BCUT2D eigenvalue weighted by Gasteiger charge is -2.25. The number of nitrogens with zero attached hydrogens (tertiary/aromatic N) is 3. The molecule has 1 aliphatic heterocycles. The molecule has 0 unspecified atom stereocenters. The number of rotatable bonds is 7. The smallest absolute Gasteiger partial charge is 0.338 e. The lowest BCUT2D eigenvalue weighted by molar-refractivity contribution is -0.143. The monoisotopic (exact) mass is 585 g/mol. The Morgan fingerprint density at radius 1 is 1.07 bits per heavy atom. The molecule has 9 nitrogen and oxygen atoms in total. The largest absolute Gasteiger partial charge is 0.497 e. The molecule has 0 spiro atoms. The molecule has 0 saturated heterocycles. The highest BCUT2D eigenvalue weighted by molar-refractivity contribution is 7.07. The summed E-state index contributed by atoms with van der Waals surface area (Å²) in [7, 11) is 1.58. The Kier molecular flexibility index (Phi) is 7.74. The van der Waals surface area contributed by atoms with Crippen LogP contribution in [0.3, 0.4) is 0 Å². The number of thiazole rings is 1. The molecule has 1 atom stereocenters. The number of aryl methyl sites for hydroxylation is 1. The van der Waals surface area contributed by atoms with Crippen molar-refractivity contribution in [2.75, 3.05) is 7.11 Å². The van der Waals surface area contributed by atoms with Crippen LogP contribution in [0.4, 0.5) is 0 Å². The maximum absolute atomic E-state index is 14.0. The number of ether oxygens (including phenoxy) is 2. The molecule has 2 aromatic heterocycles. The molecule has 1 aliphatic rings. The Morgan fingerprint density at radius 2 is 1.79 bits per heavy atom. The van der Waals surface area contributed by atoms with Gasteiger partial charge in [-0.3, -0.25) is 9.36 Å². The zero-order valence-corrected chi connectivity index (χ0v) is 25.0. The van der Waals surface area contributed by atoms with Crippen molar-refractivity contribution >= 4 is 29.4 Å². The van der Waals surface area contributed by atoms with Gasteiger partial charge in [0, 0.05) is 17.1 Å². The van der Waals surface area contributed by atoms with Crippen LogP contribution in [0.1, 0.15) is 59.7 Å². The van der Waals surface area contributed by atoms with Crippen LogP contribution in [0.5, 0.6) is 5.75 Å². The number of hydrogen-bond donors (Lipinski definition) is 1. The van der Waals surface area contributed by atoms with Crippen LogP contribution in [0.25, 0.3) is 11.8 Å². The lowest BCUT2D eigenvalue weighted by Crippen LogP contribution is -2.40. The molecule has 0 aliphatic carbocycles. The third kappa shape index (κ3) is 5.21. The van der Waals surface area contributed by atoms with Crippen LogP contribution in [0, 0.1) is 13.8 Å². The van der Waals surface area contributed by atoms with Crippen molar-refractivity contribution in [1.82, 2.24) is 9.13 Å².